The van der Waals surface area contributed by atoms with E-state index in [2.05, 4.69) is 12.2 Å². The molecule has 94 valence electrons. The summed E-state index contributed by atoms with van der Waals surface area (Å²) in [5.74, 6) is 0.426. The van der Waals surface area contributed by atoms with Crippen LogP contribution in [0.1, 0.15) is 35.0 Å². The van der Waals surface area contributed by atoms with E-state index in [9.17, 15) is 4.79 Å². The molecule has 0 saturated carbocycles. The van der Waals surface area contributed by atoms with Crippen LogP contribution in [0, 0.1) is 0 Å². The lowest BCUT2D eigenvalue weighted by Crippen LogP contribution is -2.32. The summed E-state index contributed by atoms with van der Waals surface area (Å²) in [6, 6.07) is 1.89. The molecule has 1 aliphatic heterocycles. The van der Waals surface area contributed by atoms with E-state index in [0.717, 1.165) is 12.1 Å². The highest BCUT2D eigenvalue weighted by Crippen LogP contribution is 2.37. The van der Waals surface area contributed by atoms with Crippen molar-refractivity contribution in [1.82, 2.24) is 5.32 Å². The van der Waals surface area contributed by atoms with Crippen molar-refractivity contribution in [1.29, 1.82) is 0 Å². The molecule has 1 aromatic rings. The van der Waals surface area contributed by atoms with Gasteiger partial charge in [-0.15, -0.1) is 11.3 Å². The molecule has 3 nitrogen and oxygen atoms in total. The third kappa shape index (κ3) is 3.24. The van der Waals surface area contributed by atoms with Gasteiger partial charge in [-0.25, -0.2) is 4.79 Å². The highest BCUT2D eigenvalue weighted by molar-refractivity contribution is 8.00. The Morgan fingerprint density at radius 3 is 3.12 bits per heavy atom. The van der Waals surface area contributed by atoms with E-state index < -0.39 is 5.97 Å². The summed E-state index contributed by atoms with van der Waals surface area (Å²) >= 11 is 3.31. The monoisotopic (exact) mass is 271 g/mol. The first-order valence-electron chi connectivity index (χ1n) is 5.75. The van der Waals surface area contributed by atoms with Gasteiger partial charge >= 0.3 is 5.97 Å². The molecule has 1 saturated heterocycles. The minimum atomic E-state index is -0.821. The second-order valence-electron chi connectivity index (χ2n) is 4.59. The highest BCUT2D eigenvalue weighted by Gasteiger charge is 2.28. The third-order valence-electron chi connectivity index (χ3n) is 3.06. The van der Waals surface area contributed by atoms with Gasteiger partial charge in [-0.3, -0.25) is 0 Å². The van der Waals surface area contributed by atoms with E-state index in [1.54, 1.807) is 0 Å². The maximum atomic E-state index is 10.9. The van der Waals surface area contributed by atoms with Gasteiger partial charge in [-0.05, 0) is 42.5 Å². The van der Waals surface area contributed by atoms with Crippen molar-refractivity contribution in [2.45, 2.75) is 31.1 Å². The molecule has 1 aliphatic rings. The van der Waals surface area contributed by atoms with Gasteiger partial charge in [0.15, 0.2) is 0 Å². The Balaban J connectivity index is 1.85. The minimum absolute atomic E-state index is 0.333. The summed E-state index contributed by atoms with van der Waals surface area (Å²) in [6.07, 6.45) is 2.54. The molecule has 0 bridgehead atoms. The molecule has 0 radical (unpaired) electrons. The maximum absolute atomic E-state index is 10.9. The molecule has 0 aliphatic carbocycles. The smallest absolute Gasteiger partial charge is 0.346 e. The van der Waals surface area contributed by atoms with Gasteiger partial charge in [0.05, 0.1) is 0 Å². The quantitative estimate of drug-likeness (QED) is 0.864. The number of carboxylic acid groups (broad SMARTS) is 1. The fourth-order valence-corrected chi connectivity index (χ4v) is 4.14. The third-order valence-corrected chi connectivity index (χ3v) is 5.54. The zero-order chi connectivity index (χ0) is 12.3. The molecule has 1 aromatic heterocycles. The maximum Gasteiger partial charge on any atom is 0.346 e. The molecular weight excluding hydrogens is 254 g/mol. The van der Waals surface area contributed by atoms with Crippen molar-refractivity contribution < 1.29 is 9.90 Å². The van der Waals surface area contributed by atoms with Crippen molar-refractivity contribution >= 4 is 29.1 Å². The van der Waals surface area contributed by atoms with Crippen LogP contribution in [-0.4, -0.2) is 28.1 Å². The first kappa shape index (κ1) is 12.9. The Morgan fingerprint density at radius 1 is 1.65 bits per heavy atom. The van der Waals surface area contributed by atoms with Crippen molar-refractivity contribution in [3.05, 3.63) is 21.9 Å². The van der Waals surface area contributed by atoms with Crippen LogP contribution in [0.15, 0.2) is 11.4 Å². The number of thiophene rings is 1. The summed E-state index contributed by atoms with van der Waals surface area (Å²) in [7, 11) is 0. The van der Waals surface area contributed by atoms with Crippen LogP contribution >= 0.6 is 23.1 Å². The Bertz CT molecular complexity index is 397. The molecule has 17 heavy (non-hydrogen) atoms. The van der Waals surface area contributed by atoms with Crippen LogP contribution in [0.25, 0.3) is 0 Å². The topological polar surface area (TPSA) is 49.3 Å². The molecule has 2 heterocycles. The van der Waals surface area contributed by atoms with Crippen molar-refractivity contribution in [3.63, 3.8) is 0 Å². The lowest BCUT2D eigenvalue weighted by Gasteiger charge is -2.22. The molecule has 0 amide bonds. The second kappa shape index (κ2) is 5.42. The van der Waals surface area contributed by atoms with Crippen LogP contribution in [-0.2, 0) is 6.54 Å². The number of rotatable bonds is 5. The van der Waals surface area contributed by atoms with E-state index in [-0.39, 0.29) is 0 Å². The Hall–Kier alpha value is -0.520. The molecule has 1 atom stereocenters. The number of hydrogen-bond acceptors (Lipinski definition) is 4. The minimum Gasteiger partial charge on any atom is -0.477 e. The van der Waals surface area contributed by atoms with Gasteiger partial charge in [0.25, 0.3) is 0 Å². The number of thioether (sulfide) groups is 1. The van der Waals surface area contributed by atoms with Gasteiger partial charge in [-0.2, -0.15) is 11.8 Å². The number of hydrogen-bond donors (Lipinski definition) is 2. The van der Waals surface area contributed by atoms with E-state index in [1.165, 1.54) is 29.9 Å². The van der Waals surface area contributed by atoms with Crippen LogP contribution in [0.4, 0.5) is 0 Å². The predicted molar refractivity (Wildman–Crippen MR) is 73.1 cm³/mol. The summed E-state index contributed by atoms with van der Waals surface area (Å²) in [5, 5.41) is 14.2. The van der Waals surface area contributed by atoms with Gasteiger partial charge in [0.1, 0.15) is 4.88 Å². The molecule has 0 spiro atoms. The molecule has 2 rings (SSSR count). The van der Waals surface area contributed by atoms with Crippen LogP contribution < -0.4 is 5.32 Å². The largest absolute Gasteiger partial charge is 0.477 e. The molecular formula is C12H17NO2S2. The lowest BCUT2D eigenvalue weighted by atomic mass is 10.1. The number of carbonyl (C=O) groups is 1. The SMILES string of the molecule is CC1(CNCc2ccsc2C(=O)O)CCCS1. The van der Waals surface area contributed by atoms with Gasteiger partial charge in [-0.1, -0.05) is 0 Å². The van der Waals surface area contributed by atoms with Crippen LogP contribution in [0.3, 0.4) is 0 Å². The van der Waals surface area contributed by atoms with E-state index in [0.29, 0.717) is 16.2 Å². The molecule has 5 heteroatoms. The summed E-state index contributed by atoms with van der Waals surface area (Å²) in [5.41, 5.74) is 0.897. The van der Waals surface area contributed by atoms with Crippen molar-refractivity contribution in [3.8, 4) is 0 Å². The number of carboxylic acids is 1. The van der Waals surface area contributed by atoms with E-state index in [4.69, 9.17) is 5.11 Å². The number of nitrogens with one attached hydrogen (secondary N) is 1. The molecule has 0 aromatic carbocycles. The normalized spacial score (nSPS) is 24.1. The van der Waals surface area contributed by atoms with Crippen LogP contribution in [0.5, 0.6) is 0 Å². The van der Waals surface area contributed by atoms with Crippen molar-refractivity contribution in [2.75, 3.05) is 12.3 Å². The highest BCUT2D eigenvalue weighted by atomic mass is 32.2. The molecule has 1 fully saturated rings. The molecule has 1 unspecified atom stereocenters. The first-order valence-corrected chi connectivity index (χ1v) is 7.62. The summed E-state index contributed by atoms with van der Waals surface area (Å²) in [6.45, 7) is 3.89. The zero-order valence-electron chi connectivity index (χ0n) is 9.86. The Labute approximate surface area is 110 Å². The number of aromatic carboxylic acids is 1. The average molecular weight is 271 g/mol. The standard InChI is InChI=1S/C12H17NO2S2/c1-12(4-2-5-17-12)8-13-7-9-3-6-16-10(9)11(14)15/h3,6,13H,2,4-5,7-8H2,1H3,(H,14,15). The molecule has 2 N–H and O–H groups in total. The summed E-state index contributed by atoms with van der Waals surface area (Å²) < 4.78 is 0.333. The average Bonchev–Trinajstić information content (AvgIpc) is 2.87. The van der Waals surface area contributed by atoms with Gasteiger partial charge in [0, 0.05) is 17.8 Å². The first-order chi connectivity index (χ1) is 8.11. The second-order valence-corrected chi connectivity index (χ2v) is 7.18. The zero-order valence-corrected chi connectivity index (χ0v) is 11.5. The fourth-order valence-electron chi connectivity index (χ4n) is 2.10. The summed E-state index contributed by atoms with van der Waals surface area (Å²) in [4.78, 5) is 11.4. The Kier molecular flexibility index (Phi) is 4.12. The predicted octanol–water partition coefficient (Wildman–Crippen LogP) is 2.82. The van der Waals surface area contributed by atoms with Gasteiger partial charge < -0.3 is 10.4 Å². The van der Waals surface area contributed by atoms with Crippen molar-refractivity contribution in [2.24, 2.45) is 0 Å². The van der Waals surface area contributed by atoms with E-state index in [1.807, 2.05) is 23.2 Å². The lowest BCUT2D eigenvalue weighted by molar-refractivity contribution is 0.0701. The van der Waals surface area contributed by atoms with Gasteiger partial charge in [0.2, 0.25) is 0 Å². The van der Waals surface area contributed by atoms with E-state index >= 15 is 0 Å². The fraction of sp³-hybridized carbons (Fsp3) is 0.583. The Morgan fingerprint density at radius 2 is 2.47 bits per heavy atom. The van der Waals surface area contributed by atoms with Crippen LogP contribution in [0.2, 0.25) is 0 Å².